The summed E-state index contributed by atoms with van der Waals surface area (Å²) in [6.07, 6.45) is 3.01. The van der Waals surface area contributed by atoms with Crippen LogP contribution in [0.2, 0.25) is 0 Å². The summed E-state index contributed by atoms with van der Waals surface area (Å²) in [4.78, 5) is 0. The van der Waals surface area contributed by atoms with Crippen molar-refractivity contribution in [2.24, 2.45) is 0 Å². The van der Waals surface area contributed by atoms with E-state index >= 15 is 0 Å². The van der Waals surface area contributed by atoms with Gasteiger partial charge in [0.05, 0.1) is 0 Å². The van der Waals surface area contributed by atoms with Crippen LogP contribution in [0.1, 0.15) is 17.5 Å². The molecule has 0 aliphatic heterocycles. The molecule has 81 valence electrons. The molecule has 16 heavy (non-hydrogen) atoms. The summed E-state index contributed by atoms with van der Waals surface area (Å²) >= 11 is 0. The van der Waals surface area contributed by atoms with Crippen molar-refractivity contribution in [1.29, 1.82) is 0 Å². The van der Waals surface area contributed by atoms with Gasteiger partial charge < -0.3 is 0 Å². The lowest BCUT2D eigenvalue weighted by atomic mass is 10.0. The van der Waals surface area contributed by atoms with Gasteiger partial charge in [-0.25, -0.2) is 4.39 Å². The van der Waals surface area contributed by atoms with Gasteiger partial charge in [-0.1, -0.05) is 42.5 Å². The van der Waals surface area contributed by atoms with Crippen LogP contribution in [0.4, 0.5) is 4.39 Å². The lowest BCUT2D eigenvalue weighted by Crippen LogP contribution is -1.90. The maximum absolute atomic E-state index is 12.9. The van der Waals surface area contributed by atoms with Crippen molar-refractivity contribution in [2.45, 2.75) is 19.3 Å². The van der Waals surface area contributed by atoms with E-state index in [1.807, 2.05) is 24.3 Å². The second-order valence-electron chi connectivity index (χ2n) is 3.88. The number of halogens is 1. The highest BCUT2D eigenvalue weighted by Gasteiger charge is 1.96. The van der Waals surface area contributed by atoms with E-state index in [-0.39, 0.29) is 5.82 Å². The average Bonchev–Trinajstić information content (AvgIpc) is 2.30. The van der Waals surface area contributed by atoms with Crippen molar-refractivity contribution in [3.63, 3.8) is 0 Å². The number of rotatable bonds is 4. The average molecular weight is 213 g/mol. The van der Waals surface area contributed by atoms with Gasteiger partial charge in [-0.3, -0.25) is 0 Å². The minimum Gasteiger partial charge on any atom is -0.206 e. The van der Waals surface area contributed by atoms with Crippen molar-refractivity contribution >= 4 is 0 Å². The molecule has 1 heteroatoms. The van der Waals surface area contributed by atoms with Gasteiger partial charge in [0.15, 0.2) is 0 Å². The molecule has 0 saturated carbocycles. The van der Waals surface area contributed by atoms with Crippen molar-refractivity contribution in [1.82, 2.24) is 0 Å². The van der Waals surface area contributed by atoms with E-state index in [1.165, 1.54) is 5.56 Å². The van der Waals surface area contributed by atoms with E-state index in [1.54, 1.807) is 12.1 Å². The second-order valence-corrected chi connectivity index (χ2v) is 3.88. The number of benzene rings is 2. The van der Waals surface area contributed by atoms with Crippen LogP contribution in [0.5, 0.6) is 0 Å². The smallest absolute Gasteiger partial charge is 0.131 e. The van der Waals surface area contributed by atoms with Crippen molar-refractivity contribution in [3.05, 3.63) is 71.5 Å². The van der Waals surface area contributed by atoms with Gasteiger partial charge in [0, 0.05) is 6.07 Å². The molecule has 0 aromatic heterocycles. The molecule has 1 radical (unpaired) electrons. The molecular weight excluding hydrogens is 199 g/mol. The van der Waals surface area contributed by atoms with E-state index in [4.69, 9.17) is 0 Å². The molecular formula is C15H14F. The Morgan fingerprint density at radius 1 is 0.938 bits per heavy atom. The third kappa shape index (κ3) is 3.20. The van der Waals surface area contributed by atoms with Gasteiger partial charge in [-0.15, -0.1) is 0 Å². The fraction of sp³-hybridized carbons (Fsp3) is 0.200. The molecule has 0 amide bonds. The van der Waals surface area contributed by atoms with Crippen LogP contribution in [-0.4, -0.2) is 0 Å². The standard InChI is InChI=1S/C15H14F/c16-15-11-5-10-14(12-15)9-4-8-13-6-2-1-3-7-13/h1-3,5-7,10,12H,4,8-9H2. The summed E-state index contributed by atoms with van der Waals surface area (Å²) in [6, 6.07) is 18.0. The second kappa shape index (κ2) is 5.45. The molecule has 2 rings (SSSR count). The maximum atomic E-state index is 12.9. The Labute approximate surface area is 95.7 Å². The Balaban J connectivity index is 1.85. The molecule has 0 aliphatic rings. The Morgan fingerprint density at radius 3 is 2.44 bits per heavy atom. The summed E-state index contributed by atoms with van der Waals surface area (Å²) in [7, 11) is 0. The van der Waals surface area contributed by atoms with Crippen molar-refractivity contribution < 1.29 is 4.39 Å². The maximum Gasteiger partial charge on any atom is 0.131 e. The first kappa shape index (κ1) is 10.9. The van der Waals surface area contributed by atoms with Crippen molar-refractivity contribution in [2.75, 3.05) is 0 Å². The molecule has 0 heterocycles. The fourth-order valence-electron chi connectivity index (χ4n) is 1.78. The predicted molar refractivity (Wildman–Crippen MR) is 63.7 cm³/mol. The Hall–Kier alpha value is -1.63. The summed E-state index contributed by atoms with van der Waals surface area (Å²) in [6.45, 7) is 0. The first-order valence-corrected chi connectivity index (χ1v) is 5.54. The van der Waals surface area contributed by atoms with Gasteiger partial charge in [-0.2, -0.15) is 0 Å². The van der Waals surface area contributed by atoms with Gasteiger partial charge in [0.25, 0.3) is 0 Å². The Kier molecular flexibility index (Phi) is 3.71. The topological polar surface area (TPSA) is 0 Å². The zero-order chi connectivity index (χ0) is 11.2. The first-order valence-electron chi connectivity index (χ1n) is 5.54. The summed E-state index contributed by atoms with van der Waals surface area (Å²) in [5.74, 6) is -0.266. The van der Waals surface area contributed by atoms with Gasteiger partial charge in [0.2, 0.25) is 0 Å². The van der Waals surface area contributed by atoms with Crippen LogP contribution >= 0.6 is 0 Å². The number of hydrogen-bond donors (Lipinski definition) is 0. The molecule has 2 aromatic carbocycles. The van der Waals surface area contributed by atoms with Gasteiger partial charge in [-0.05, 0) is 36.5 Å². The molecule has 0 fully saturated rings. The molecule has 0 nitrogen and oxygen atoms in total. The zero-order valence-electron chi connectivity index (χ0n) is 9.12. The molecule has 0 bridgehead atoms. The summed E-state index contributed by atoms with van der Waals surface area (Å²) in [5, 5.41) is 0. The molecule has 0 spiro atoms. The van der Waals surface area contributed by atoms with Gasteiger partial charge in [0.1, 0.15) is 5.82 Å². The van der Waals surface area contributed by atoms with Crippen molar-refractivity contribution in [3.8, 4) is 0 Å². The highest BCUT2D eigenvalue weighted by Crippen LogP contribution is 2.09. The summed E-state index contributed by atoms with van der Waals surface area (Å²) in [5.41, 5.74) is 2.39. The highest BCUT2D eigenvalue weighted by atomic mass is 19.1. The van der Waals surface area contributed by atoms with E-state index in [0.717, 1.165) is 24.8 Å². The van der Waals surface area contributed by atoms with Crippen LogP contribution in [0, 0.1) is 11.9 Å². The number of aryl methyl sites for hydroxylation is 2. The fourth-order valence-corrected chi connectivity index (χ4v) is 1.78. The third-order valence-corrected chi connectivity index (χ3v) is 2.60. The number of hydrogen-bond acceptors (Lipinski definition) is 0. The largest absolute Gasteiger partial charge is 0.206 e. The molecule has 0 saturated heterocycles. The Morgan fingerprint density at radius 2 is 1.69 bits per heavy atom. The van der Waals surface area contributed by atoms with E-state index in [0.29, 0.717) is 0 Å². The van der Waals surface area contributed by atoms with Crippen LogP contribution < -0.4 is 0 Å². The van der Waals surface area contributed by atoms with Crippen LogP contribution in [0.15, 0.2) is 48.5 Å². The quantitative estimate of drug-likeness (QED) is 0.724. The Bertz CT molecular complexity index is 434. The zero-order valence-corrected chi connectivity index (χ0v) is 9.12. The minimum absolute atomic E-state index is 0.266. The molecule has 0 aliphatic carbocycles. The lowest BCUT2D eigenvalue weighted by Gasteiger charge is -2.02. The van der Waals surface area contributed by atoms with E-state index in [2.05, 4.69) is 18.2 Å². The lowest BCUT2D eigenvalue weighted by molar-refractivity contribution is 0.622. The molecule has 0 N–H and O–H groups in total. The SMILES string of the molecule is Fc1[c]ccc(CCCc2ccccc2)c1. The minimum atomic E-state index is -0.266. The van der Waals surface area contributed by atoms with Crippen LogP contribution in [0.3, 0.4) is 0 Å². The van der Waals surface area contributed by atoms with Crippen LogP contribution in [0.25, 0.3) is 0 Å². The normalized spacial score (nSPS) is 10.3. The van der Waals surface area contributed by atoms with E-state index < -0.39 is 0 Å². The third-order valence-electron chi connectivity index (χ3n) is 2.60. The molecule has 0 unspecified atom stereocenters. The molecule has 0 atom stereocenters. The highest BCUT2D eigenvalue weighted by molar-refractivity contribution is 5.17. The molecule has 2 aromatic rings. The monoisotopic (exact) mass is 213 g/mol. The summed E-state index contributed by atoms with van der Waals surface area (Å²) < 4.78 is 12.9. The predicted octanol–water partition coefficient (Wildman–Crippen LogP) is 3.80. The first-order chi connectivity index (χ1) is 7.84. The van der Waals surface area contributed by atoms with Gasteiger partial charge >= 0.3 is 0 Å². The van der Waals surface area contributed by atoms with Crippen LogP contribution in [-0.2, 0) is 12.8 Å². The van der Waals surface area contributed by atoms with E-state index in [9.17, 15) is 4.39 Å².